The first-order valence-corrected chi connectivity index (χ1v) is 8.26. The minimum Gasteiger partial charge on any atom is -0.378 e. The van der Waals surface area contributed by atoms with Crippen LogP contribution in [0.2, 0.25) is 0 Å². The van der Waals surface area contributed by atoms with E-state index in [9.17, 15) is 0 Å². The summed E-state index contributed by atoms with van der Waals surface area (Å²) in [6.07, 6.45) is 0. The molecule has 2 aromatic carbocycles. The van der Waals surface area contributed by atoms with Crippen LogP contribution in [0.4, 0.5) is 5.69 Å². The number of hydrogen-bond donors (Lipinski definition) is 1. The van der Waals surface area contributed by atoms with Crippen LogP contribution in [0.15, 0.2) is 39.3 Å². The van der Waals surface area contributed by atoms with Gasteiger partial charge in [0.25, 0.3) is 0 Å². The minimum absolute atomic E-state index is 0.271. The number of halogens is 2. The van der Waals surface area contributed by atoms with E-state index in [-0.39, 0.29) is 6.04 Å². The Hall–Kier alpha value is -0.800. The minimum atomic E-state index is 0.271. The molecule has 1 N–H and O–H groups in total. The highest BCUT2D eigenvalue weighted by Crippen LogP contribution is 2.31. The van der Waals surface area contributed by atoms with Crippen LogP contribution in [-0.4, -0.2) is 0 Å². The lowest BCUT2D eigenvalue weighted by atomic mass is 9.95. The fourth-order valence-corrected chi connectivity index (χ4v) is 3.95. The van der Waals surface area contributed by atoms with Gasteiger partial charge in [-0.15, -0.1) is 0 Å². The molecule has 0 aliphatic carbocycles. The van der Waals surface area contributed by atoms with E-state index >= 15 is 0 Å². The van der Waals surface area contributed by atoms with Crippen LogP contribution < -0.4 is 5.32 Å². The van der Waals surface area contributed by atoms with Crippen molar-refractivity contribution in [1.82, 2.24) is 0 Å². The zero-order valence-electron chi connectivity index (χ0n) is 12.2. The maximum atomic E-state index is 3.60. The van der Waals surface area contributed by atoms with Crippen LogP contribution in [0, 0.1) is 20.8 Å². The summed E-state index contributed by atoms with van der Waals surface area (Å²) >= 11 is 7.09. The van der Waals surface area contributed by atoms with E-state index in [2.05, 4.69) is 95.2 Å². The molecule has 2 rings (SSSR count). The molecular formula is C17H19Br2N. The number of nitrogens with one attached hydrogen (secondary N) is 1. The molecule has 20 heavy (non-hydrogen) atoms. The molecule has 106 valence electrons. The second kappa shape index (κ2) is 6.31. The van der Waals surface area contributed by atoms with Crippen molar-refractivity contribution in [1.29, 1.82) is 0 Å². The number of rotatable bonds is 3. The molecule has 1 atom stereocenters. The molecule has 0 fully saturated rings. The molecule has 1 nitrogen and oxygen atoms in total. The summed E-state index contributed by atoms with van der Waals surface area (Å²) in [6.45, 7) is 8.72. The first-order valence-electron chi connectivity index (χ1n) is 6.68. The summed E-state index contributed by atoms with van der Waals surface area (Å²) in [5.74, 6) is 0. The summed E-state index contributed by atoms with van der Waals surface area (Å²) in [6, 6.07) is 11.0. The van der Waals surface area contributed by atoms with E-state index in [0.29, 0.717) is 0 Å². The van der Waals surface area contributed by atoms with Crippen LogP contribution in [0.5, 0.6) is 0 Å². The summed E-state index contributed by atoms with van der Waals surface area (Å²) in [5.41, 5.74) is 6.50. The van der Waals surface area contributed by atoms with Crippen molar-refractivity contribution in [3.05, 3.63) is 61.5 Å². The highest BCUT2D eigenvalue weighted by Gasteiger charge is 2.13. The monoisotopic (exact) mass is 395 g/mol. The molecule has 0 spiro atoms. The van der Waals surface area contributed by atoms with E-state index in [1.807, 2.05) is 0 Å². The molecule has 0 saturated heterocycles. The summed E-state index contributed by atoms with van der Waals surface area (Å²) in [4.78, 5) is 0. The normalized spacial score (nSPS) is 12.3. The van der Waals surface area contributed by atoms with Crippen molar-refractivity contribution >= 4 is 37.5 Å². The average molecular weight is 397 g/mol. The first-order chi connectivity index (χ1) is 9.38. The quantitative estimate of drug-likeness (QED) is 0.640. The van der Waals surface area contributed by atoms with Gasteiger partial charge < -0.3 is 5.32 Å². The van der Waals surface area contributed by atoms with Gasteiger partial charge in [-0.25, -0.2) is 0 Å². The number of aryl methyl sites for hydroxylation is 3. The van der Waals surface area contributed by atoms with E-state index in [1.54, 1.807) is 0 Å². The van der Waals surface area contributed by atoms with Crippen LogP contribution in [0.1, 0.15) is 35.2 Å². The molecule has 2 aromatic rings. The van der Waals surface area contributed by atoms with Crippen molar-refractivity contribution in [2.24, 2.45) is 0 Å². The van der Waals surface area contributed by atoms with E-state index < -0.39 is 0 Å². The van der Waals surface area contributed by atoms with Crippen molar-refractivity contribution in [3.63, 3.8) is 0 Å². The molecule has 3 heteroatoms. The lowest BCUT2D eigenvalue weighted by Crippen LogP contribution is -2.10. The van der Waals surface area contributed by atoms with E-state index in [1.165, 1.54) is 22.3 Å². The third kappa shape index (κ3) is 3.44. The van der Waals surface area contributed by atoms with Gasteiger partial charge in [0, 0.05) is 20.7 Å². The standard InChI is InChI=1S/C17H19Br2N/c1-10-7-11(2)17(12(3)8-10)13(4)20-16-6-5-14(18)9-15(16)19/h5-9,13,20H,1-4H3. The van der Waals surface area contributed by atoms with Gasteiger partial charge in [-0.05, 0) is 78.5 Å². The molecule has 0 aliphatic heterocycles. The highest BCUT2D eigenvalue weighted by molar-refractivity contribution is 9.11. The van der Waals surface area contributed by atoms with E-state index in [4.69, 9.17) is 0 Å². The zero-order chi connectivity index (χ0) is 14.9. The van der Waals surface area contributed by atoms with Crippen LogP contribution >= 0.6 is 31.9 Å². The Balaban J connectivity index is 2.31. The number of benzene rings is 2. The molecule has 0 heterocycles. The Morgan fingerprint density at radius 2 is 1.55 bits per heavy atom. The lowest BCUT2D eigenvalue weighted by Gasteiger charge is -2.21. The fraction of sp³-hybridized carbons (Fsp3) is 0.294. The number of hydrogen-bond acceptors (Lipinski definition) is 1. The summed E-state index contributed by atoms with van der Waals surface area (Å²) < 4.78 is 2.14. The van der Waals surface area contributed by atoms with Crippen molar-refractivity contribution in [2.75, 3.05) is 5.32 Å². The predicted molar refractivity (Wildman–Crippen MR) is 94.5 cm³/mol. The average Bonchev–Trinajstić information content (AvgIpc) is 2.31. The van der Waals surface area contributed by atoms with Gasteiger partial charge in [-0.1, -0.05) is 33.6 Å². The smallest absolute Gasteiger partial charge is 0.0491 e. The SMILES string of the molecule is Cc1cc(C)c(C(C)Nc2ccc(Br)cc2Br)c(C)c1. The van der Waals surface area contributed by atoms with Crippen molar-refractivity contribution < 1.29 is 0 Å². The molecule has 0 bridgehead atoms. The molecule has 0 aromatic heterocycles. The Morgan fingerprint density at radius 1 is 0.950 bits per heavy atom. The largest absolute Gasteiger partial charge is 0.378 e. The van der Waals surface area contributed by atoms with Crippen LogP contribution in [0.25, 0.3) is 0 Å². The Labute approximate surface area is 138 Å². The summed E-state index contributed by atoms with van der Waals surface area (Å²) in [5, 5.41) is 3.59. The van der Waals surface area contributed by atoms with Crippen LogP contribution in [-0.2, 0) is 0 Å². The molecule has 0 amide bonds. The Kier molecular flexibility index (Phi) is 4.92. The second-order valence-electron chi connectivity index (χ2n) is 5.30. The molecule has 0 radical (unpaired) electrons. The topological polar surface area (TPSA) is 12.0 Å². The molecular weight excluding hydrogens is 378 g/mol. The van der Waals surface area contributed by atoms with Gasteiger partial charge in [0.1, 0.15) is 0 Å². The van der Waals surface area contributed by atoms with Gasteiger partial charge in [0.2, 0.25) is 0 Å². The Morgan fingerprint density at radius 3 is 2.10 bits per heavy atom. The third-order valence-electron chi connectivity index (χ3n) is 3.47. The van der Waals surface area contributed by atoms with Gasteiger partial charge in [-0.3, -0.25) is 0 Å². The van der Waals surface area contributed by atoms with Crippen molar-refractivity contribution in [3.8, 4) is 0 Å². The highest BCUT2D eigenvalue weighted by atomic mass is 79.9. The maximum absolute atomic E-state index is 3.60. The van der Waals surface area contributed by atoms with Gasteiger partial charge >= 0.3 is 0 Å². The van der Waals surface area contributed by atoms with E-state index in [0.717, 1.165) is 14.6 Å². The first kappa shape index (κ1) is 15.6. The molecule has 1 unspecified atom stereocenters. The maximum Gasteiger partial charge on any atom is 0.0491 e. The predicted octanol–water partition coefficient (Wildman–Crippen LogP) is 6.31. The van der Waals surface area contributed by atoms with Gasteiger partial charge in [-0.2, -0.15) is 0 Å². The molecule has 0 aliphatic rings. The third-order valence-corrected chi connectivity index (χ3v) is 4.62. The summed E-state index contributed by atoms with van der Waals surface area (Å²) in [7, 11) is 0. The number of anilines is 1. The Bertz CT molecular complexity index is 612. The van der Waals surface area contributed by atoms with Gasteiger partial charge in [0.05, 0.1) is 0 Å². The zero-order valence-corrected chi connectivity index (χ0v) is 15.4. The lowest BCUT2D eigenvalue weighted by molar-refractivity contribution is 0.861. The van der Waals surface area contributed by atoms with Gasteiger partial charge in [0.15, 0.2) is 0 Å². The van der Waals surface area contributed by atoms with Crippen LogP contribution in [0.3, 0.4) is 0 Å². The molecule has 0 saturated carbocycles. The second-order valence-corrected chi connectivity index (χ2v) is 7.07. The van der Waals surface area contributed by atoms with Crippen molar-refractivity contribution in [2.45, 2.75) is 33.7 Å². The fourth-order valence-electron chi connectivity index (χ4n) is 2.79.